The highest BCUT2D eigenvalue weighted by Crippen LogP contribution is 2.42. The zero-order valence-corrected chi connectivity index (χ0v) is 19.3. The summed E-state index contributed by atoms with van der Waals surface area (Å²) in [6.45, 7) is 2.52. The molecule has 0 aliphatic carbocycles. The summed E-state index contributed by atoms with van der Waals surface area (Å²) in [6, 6.07) is 6.55. The number of carbonyl (C=O) groups is 3. The van der Waals surface area contributed by atoms with Gasteiger partial charge in [0.25, 0.3) is 11.6 Å². The predicted molar refractivity (Wildman–Crippen MR) is 120 cm³/mol. The first kappa shape index (κ1) is 24.3. The zero-order chi connectivity index (χ0) is 25.2. The van der Waals surface area contributed by atoms with E-state index in [1.165, 1.54) is 52.5 Å². The molecule has 1 aliphatic heterocycles. The van der Waals surface area contributed by atoms with E-state index in [0.29, 0.717) is 16.9 Å². The molecule has 2 N–H and O–H groups in total. The summed E-state index contributed by atoms with van der Waals surface area (Å²) in [5.41, 5.74) is -0.884. The van der Waals surface area contributed by atoms with Gasteiger partial charge in [-0.3, -0.25) is 24.6 Å². The van der Waals surface area contributed by atoms with Crippen LogP contribution in [0.4, 0.5) is 16.2 Å². The number of methoxy groups -OCH3 is 3. The lowest BCUT2D eigenvalue weighted by molar-refractivity contribution is -0.384. The number of anilines is 1. The number of hydrogen-bond donors (Lipinski definition) is 2. The van der Waals surface area contributed by atoms with Crippen molar-refractivity contribution in [3.05, 3.63) is 51.6 Å². The summed E-state index contributed by atoms with van der Waals surface area (Å²) in [7, 11) is 4.27. The summed E-state index contributed by atoms with van der Waals surface area (Å²) in [6.07, 6.45) is 0. The maximum absolute atomic E-state index is 13.2. The van der Waals surface area contributed by atoms with Crippen LogP contribution in [0.1, 0.15) is 18.1 Å². The van der Waals surface area contributed by atoms with Crippen LogP contribution in [0.3, 0.4) is 0 Å². The smallest absolute Gasteiger partial charge is 0.325 e. The van der Waals surface area contributed by atoms with Crippen molar-refractivity contribution in [1.29, 1.82) is 0 Å². The highest BCUT2D eigenvalue weighted by Gasteiger charge is 2.50. The van der Waals surface area contributed by atoms with Gasteiger partial charge in [0.1, 0.15) is 17.8 Å². The van der Waals surface area contributed by atoms with E-state index in [4.69, 9.17) is 14.2 Å². The van der Waals surface area contributed by atoms with Crippen LogP contribution < -0.4 is 24.8 Å². The van der Waals surface area contributed by atoms with Crippen LogP contribution in [-0.2, 0) is 15.1 Å². The van der Waals surface area contributed by atoms with Crippen LogP contribution in [0.5, 0.6) is 17.2 Å². The van der Waals surface area contributed by atoms with Crippen LogP contribution in [0.15, 0.2) is 30.3 Å². The minimum absolute atomic E-state index is 0.0416. The van der Waals surface area contributed by atoms with E-state index in [0.717, 1.165) is 4.90 Å². The molecule has 1 atom stereocenters. The first-order valence-electron chi connectivity index (χ1n) is 10.0. The molecule has 12 heteroatoms. The molecule has 1 saturated heterocycles. The van der Waals surface area contributed by atoms with E-state index in [-0.39, 0.29) is 22.9 Å². The minimum atomic E-state index is -1.53. The van der Waals surface area contributed by atoms with Crippen molar-refractivity contribution in [2.24, 2.45) is 0 Å². The van der Waals surface area contributed by atoms with Gasteiger partial charge in [0.2, 0.25) is 11.7 Å². The molecule has 0 saturated carbocycles. The Bertz CT molecular complexity index is 1160. The lowest BCUT2D eigenvalue weighted by Gasteiger charge is -2.24. The largest absolute Gasteiger partial charge is 0.493 e. The Morgan fingerprint density at radius 2 is 1.74 bits per heavy atom. The molecule has 1 fully saturated rings. The van der Waals surface area contributed by atoms with Crippen LogP contribution in [0, 0.1) is 17.0 Å². The molecule has 34 heavy (non-hydrogen) atoms. The van der Waals surface area contributed by atoms with E-state index in [2.05, 4.69) is 10.6 Å². The summed E-state index contributed by atoms with van der Waals surface area (Å²) < 4.78 is 15.9. The molecule has 3 rings (SSSR count). The maximum atomic E-state index is 13.2. The van der Waals surface area contributed by atoms with Crippen molar-refractivity contribution in [2.75, 3.05) is 33.2 Å². The number of nitrogens with one attached hydrogen (secondary N) is 2. The molecule has 2 aromatic rings. The summed E-state index contributed by atoms with van der Waals surface area (Å²) >= 11 is 0. The number of hydrogen-bond acceptors (Lipinski definition) is 8. The average molecular weight is 472 g/mol. The average Bonchev–Trinajstić information content (AvgIpc) is 3.02. The number of urea groups is 1. The number of carbonyl (C=O) groups excluding carboxylic acids is 3. The van der Waals surface area contributed by atoms with E-state index < -0.39 is 34.9 Å². The third-order valence-corrected chi connectivity index (χ3v) is 5.44. The van der Waals surface area contributed by atoms with Gasteiger partial charge in [0.15, 0.2) is 11.5 Å². The molecule has 12 nitrogen and oxygen atoms in total. The summed E-state index contributed by atoms with van der Waals surface area (Å²) in [4.78, 5) is 49.9. The normalized spacial score (nSPS) is 17.3. The third-order valence-electron chi connectivity index (χ3n) is 5.44. The number of imide groups is 1. The number of nitrogens with zero attached hydrogens (tertiary/aromatic N) is 2. The molecule has 0 spiro atoms. The Morgan fingerprint density at radius 1 is 1.12 bits per heavy atom. The molecular formula is C22H24N4O8. The Kier molecular flexibility index (Phi) is 6.61. The fourth-order valence-electron chi connectivity index (χ4n) is 3.64. The standard InChI is InChI=1S/C22H24N4O8/c1-12-6-7-14(15(8-12)26(30)31)23-18(27)11-25-20(28)22(2,24-21(25)29)13-9-16(32-3)19(34-5)17(10-13)33-4/h6-10H,11H2,1-5H3,(H,23,27)(H,24,29). The number of amides is 4. The molecule has 2 aromatic carbocycles. The van der Waals surface area contributed by atoms with Gasteiger partial charge in [-0.2, -0.15) is 0 Å². The van der Waals surface area contributed by atoms with E-state index in [1.807, 2.05) is 0 Å². The fourth-order valence-corrected chi connectivity index (χ4v) is 3.64. The van der Waals surface area contributed by atoms with Crippen molar-refractivity contribution in [2.45, 2.75) is 19.4 Å². The van der Waals surface area contributed by atoms with Gasteiger partial charge in [0.05, 0.1) is 26.3 Å². The lowest BCUT2D eigenvalue weighted by atomic mass is 9.91. The molecule has 0 aromatic heterocycles. The van der Waals surface area contributed by atoms with Crippen LogP contribution in [-0.4, -0.2) is 55.5 Å². The second kappa shape index (κ2) is 9.25. The third kappa shape index (κ3) is 4.29. The summed E-state index contributed by atoms with van der Waals surface area (Å²) in [5.74, 6) is -0.596. The molecular weight excluding hydrogens is 448 g/mol. The van der Waals surface area contributed by atoms with Crippen molar-refractivity contribution in [3.63, 3.8) is 0 Å². The van der Waals surface area contributed by atoms with Crippen LogP contribution in [0.2, 0.25) is 0 Å². The van der Waals surface area contributed by atoms with Gasteiger partial charge in [-0.15, -0.1) is 0 Å². The van der Waals surface area contributed by atoms with Crippen LogP contribution >= 0.6 is 0 Å². The quantitative estimate of drug-likeness (QED) is 0.338. The van der Waals surface area contributed by atoms with Crippen LogP contribution in [0.25, 0.3) is 0 Å². The Hall–Kier alpha value is -4.35. The molecule has 1 heterocycles. The van der Waals surface area contributed by atoms with Crippen molar-refractivity contribution in [3.8, 4) is 17.2 Å². The van der Waals surface area contributed by atoms with E-state index in [1.54, 1.807) is 13.0 Å². The number of nitro groups is 1. The van der Waals surface area contributed by atoms with Crippen molar-refractivity contribution in [1.82, 2.24) is 10.2 Å². The van der Waals surface area contributed by atoms with Crippen molar-refractivity contribution < 1.29 is 33.5 Å². The van der Waals surface area contributed by atoms with E-state index in [9.17, 15) is 24.5 Å². The Labute approximate surface area is 194 Å². The van der Waals surface area contributed by atoms with Gasteiger partial charge in [-0.1, -0.05) is 6.07 Å². The first-order valence-corrected chi connectivity index (χ1v) is 10.0. The van der Waals surface area contributed by atoms with Gasteiger partial charge in [-0.25, -0.2) is 4.79 Å². The number of benzene rings is 2. The summed E-state index contributed by atoms with van der Waals surface area (Å²) in [5, 5.41) is 16.3. The molecule has 0 bridgehead atoms. The molecule has 0 radical (unpaired) electrons. The van der Waals surface area contributed by atoms with Gasteiger partial charge < -0.3 is 24.8 Å². The first-order chi connectivity index (χ1) is 16.0. The maximum Gasteiger partial charge on any atom is 0.325 e. The minimum Gasteiger partial charge on any atom is -0.493 e. The highest BCUT2D eigenvalue weighted by molar-refractivity contribution is 6.10. The van der Waals surface area contributed by atoms with Gasteiger partial charge >= 0.3 is 6.03 Å². The molecule has 180 valence electrons. The zero-order valence-electron chi connectivity index (χ0n) is 19.3. The Morgan fingerprint density at radius 3 is 2.26 bits per heavy atom. The molecule has 4 amide bonds. The number of nitro benzene ring substituents is 1. The predicted octanol–water partition coefficient (Wildman–Crippen LogP) is 2.33. The number of rotatable bonds is 8. The second-order valence-corrected chi connectivity index (χ2v) is 7.69. The van der Waals surface area contributed by atoms with E-state index >= 15 is 0 Å². The topological polar surface area (TPSA) is 149 Å². The molecule has 1 unspecified atom stereocenters. The van der Waals surface area contributed by atoms with Gasteiger partial charge in [0, 0.05) is 6.07 Å². The fraction of sp³-hybridized carbons (Fsp3) is 0.318. The highest BCUT2D eigenvalue weighted by atomic mass is 16.6. The second-order valence-electron chi connectivity index (χ2n) is 7.69. The lowest BCUT2D eigenvalue weighted by Crippen LogP contribution is -2.42. The van der Waals surface area contributed by atoms with Crippen molar-refractivity contribution >= 4 is 29.2 Å². The number of aryl methyl sites for hydroxylation is 1. The van der Waals surface area contributed by atoms with Gasteiger partial charge in [-0.05, 0) is 43.2 Å². The monoisotopic (exact) mass is 472 g/mol. The molecule has 1 aliphatic rings. The Balaban J connectivity index is 1.86. The number of ether oxygens (including phenoxy) is 3. The SMILES string of the molecule is COc1cc(C2(C)NC(=O)N(CC(=O)Nc3ccc(C)cc3[N+](=O)[O-])C2=O)cc(OC)c1OC.